The first-order chi connectivity index (χ1) is 14.7. The molecule has 0 unspecified atom stereocenters. The van der Waals surface area contributed by atoms with Crippen LogP contribution in [0, 0.1) is 11.8 Å². The quantitative estimate of drug-likeness (QED) is 0.504. The third-order valence-corrected chi connectivity index (χ3v) is 5.79. The third-order valence-electron chi connectivity index (χ3n) is 4.88. The highest BCUT2D eigenvalue weighted by atomic mass is 32.1. The monoisotopic (exact) mass is 417 g/mol. The van der Waals surface area contributed by atoms with E-state index in [9.17, 15) is 9.59 Å². The predicted molar refractivity (Wildman–Crippen MR) is 116 cm³/mol. The zero-order valence-electron chi connectivity index (χ0n) is 16.3. The number of benzene rings is 2. The number of nitrogens with one attached hydrogen (secondary N) is 1. The van der Waals surface area contributed by atoms with Crippen LogP contribution in [0.3, 0.4) is 0 Å². The number of thiophene rings is 1. The van der Waals surface area contributed by atoms with Gasteiger partial charge in [-0.1, -0.05) is 60.4 Å². The van der Waals surface area contributed by atoms with Gasteiger partial charge in [0, 0.05) is 16.9 Å². The van der Waals surface area contributed by atoms with Crippen LogP contribution in [0.25, 0.3) is 11.1 Å². The van der Waals surface area contributed by atoms with Gasteiger partial charge in [-0.2, -0.15) is 0 Å². The molecule has 30 heavy (non-hydrogen) atoms. The number of hydrogen-bond acceptors (Lipinski definition) is 5. The highest BCUT2D eigenvalue weighted by Crippen LogP contribution is 2.44. The molecule has 150 valence electrons. The molecule has 5 nitrogen and oxygen atoms in total. The van der Waals surface area contributed by atoms with Crippen molar-refractivity contribution in [3.05, 3.63) is 81.5 Å². The van der Waals surface area contributed by atoms with Crippen LogP contribution < -0.4 is 5.32 Å². The fraction of sp³-hybridized carbons (Fsp3) is 0.167. The topological polar surface area (TPSA) is 64.6 Å². The van der Waals surface area contributed by atoms with Crippen molar-refractivity contribution in [3.8, 4) is 23.0 Å². The second-order valence-corrected chi connectivity index (χ2v) is 7.58. The minimum Gasteiger partial charge on any atom is -0.465 e. The average molecular weight is 417 g/mol. The summed E-state index contributed by atoms with van der Waals surface area (Å²) in [4.78, 5) is 24.0. The van der Waals surface area contributed by atoms with Gasteiger partial charge in [0.2, 0.25) is 0 Å². The molecule has 6 heteroatoms. The maximum atomic E-state index is 12.1. The minimum atomic E-state index is -0.508. The van der Waals surface area contributed by atoms with E-state index in [4.69, 9.17) is 4.74 Å². The van der Waals surface area contributed by atoms with Gasteiger partial charge in [0.15, 0.2) is 0 Å². The van der Waals surface area contributed by atoms with E-state index >= 15 is 0 Å². The molecule has 0 spiro atoms. The van der Waals surface area contributed by atoms with E-state index in [0.717, 1.165) is 0 Å². The molecule has 1 amide bonds. The van der Waals surface area contributed by atoms with Gasteiger partial charge >= 0.3 is 12.1 Å². The van der Waals surface area contributed by atoms with E-state index in [1.165, 1.54) is 40.7 Å². The highest BCUT2D eigenvalue weighted by molar-refractivity contribution is 7.12. The van der Waals surface area contributed by atoms with Crippen LogP contribution in [-0.2, 0) is 9.47 Å². The molecule has 1 aromatic heterocycles. The Labute approximate surface area is 178 Å². The molecule has 0 saturated carbocycles. The van der Waals surface area contributed by atoms with Gasteiger partial charge < -0.3 is 14.8 Å². The Morgan fingerprint density at radius 1 is 1.07 bits per heavy atom. The molecule has 0 bridgehead atoms. The summed E-state index contributed by atoms with van der Waals surface area (Å²) in [5.74, 6) is 5.40. The van der Waals surface area contributed by atoms with Gasteiger partial charge in [-0.05, 0) is 28.3 Å². The van der Waals surface area contributed by atoms with Gasteiger partial charge in [-0.25, -0.2) is 9.59 Å². The van der Waals surface area contributed by atoms with Crippen molar-refractivity contribution in [2.45, 2.75) is 5.92 Å². The smallest absolute Gasteiger partial charge is 0.407 e. The molecular weight excluding hydrogens is 398 g/mol. The van der Waals surface area contributed by atoms with Crippen LogP contribution in [0.1, 0.15) is 32.3 Å². The van der Waals surface area contributed by atoms with Gasteiger partial charge in [0.1, 0.15) is 11.5 Å². The first-order valence-corrected chi connectivity index (χ1v) is 10.3. The Kier molecular flexibility index (Phi) is 5.82. The molecule has 1 aliphatic rings. The molecule has 1 N–H and O–H groups in total. The van der Waals surface area contributed by atoms with Crippen LogP contribution in [0.5, 0.6) is 0 Å². The van der Waals surface area contributed by atoms with Crippen molar-refractivity contribution in [1.82, 2.24) is 5.32 Å². The Balaban J connectivity index is 1.32. The molecule has 0 fully saturated rings. The molecule has 0 atom stereocenters. The van der Waals surface area contributed by atoms with Crippen molar-refractivity contribution >= 4 is 23.4 Å². The Morgan fingerprint density at radius 2 is 1.73 bits per heavy atom. The van der Waals surface area contributed by atoms with Crippen molar-refractivity contribution in [2.24, 2.45) is 0 Å². The van der Waals surface area contributed by atoms with E-state index < -0.39 is 6.09 Å². The number of hydrogen-bond donors (Lipinski definition) is 1. The second-order valence-electron chi connectivity index (χ2n) is 6.67. The summed E-state index contributed by atoms with van der Waals surface area (Å²) in [6.07, 6.45) is -0.508. The Hall–Kier alpha value is -3.56. The molecule has 1 heterocycles. The van der Waals surface area contributed by atoms with E-state index in [-0.39, 0.29) is 25.0 Å². The summed E-state index contributed by atoms with van der Waals surface area (Å²) in [7, 11) is 1.34. The van der Waals surface area contributed by atoms with Crippen LogP contribution in [0.4, 0.5) is 4.79 Å². The number of rotatable bonds is 4. The number of carbonyl (C=O) groups is 2. The van der Waals surface area contributed by atoms with Gasteiger partial charge in [-0.3, -0.25) is 0 Å². The van der Waals surface area contributed by atoms with Crippen LogP contribution >= 0.6 is 11.3 Å². The average Bonchev–Trinajstić information content (AvgIpc) is 3.38. The first-order valence-electron chi connectivity index (χ1n) is 9.42. The first kappa shape index (κ1) is 19.7. The number of fused-ring (bicyclic) bond motifs is 3. The Morgan fingerprint density at radius 3 is 2.40 bits per heavy atom. The number of ether oxygens (including phenoxy) is 2. The lowest BCUT2D eigenvalue weighted by Gasteiger charge is -2.14. The number of carbonyl (C=O) groups excluding carboxylic acids is 2. The van der Waals surface area contributed by atoms with Crippen LogP contribution in [-0.4, -0.2) is 32.3 Å². The fourth-order valence-electron chi connectivity index (χ4n) is 3.52. The van der Waals surface area contributed by atoms with E-state index in [1.807, 2.05) is 24.3 Å². The molecule has 1 aliphatic carbocycles. The maximum Gasteiger partial charge on any atom is 0.407 e. The summed E-state index contributed by atoms with van der Waals surface area (Å²) in [5, 5.41) is 4.41. The molecular formula is C24H19NO4S. The number of esters is 1. The summed E-state index contributed by atoms with van der Waals surface area (Å²) in [5.41, 5.74) is 5.43. The Bertz CT molecular complexity index is 1110. The van der Waals surface area contributed by atoms with Gasteiger partial charge in [0.25, 0.3) is 0 Å². The summed E-state index contributed by atoms with van der Waals surface area (Å²) < 4.78 is 10.1. The van der Waals surface area contributed by atoms with E-state index in [1.54, 1.807) is 11.4 Å². The number of methoxy groups -OCH3 is 1. The van der Waals surface area contributed by atoms with Gasteiger partial charge in [-0.15, -0.1) is 11.3 Å². The van der Waals surface area contributed by atoms with E-state index in [0.29, 0.717) is 10.4 Å². The summed E-state index contributed by atoms with van der Waals surface area (Å²) in [6.45, 7) is 0.417. The number of amides is 1. The SMILES string of the molecule is COC(=O)c1cc(C#CCNC(=O)OCC2c3ccccc3-c3ccccc32)cs1. The highest BCUT2D eigenvalue weighted by Gasteiger charge is 2.28. The molecule has 0 radical (unpaired) electrons. The maximum absolute atomic E-state index is 12.1. The number of alkyl carbamates (subject to hydrolysis) is 1. The van der Waals surface area contributed by atoms with Crippen molar-refractivity contribution < 1.29 is 19.1 Å². The second kappa shape index (κ2) is 8.85. The molecule has 4 rings (SSSR count). The van der Waals surface area contributed by atoms with Crippen LogP contribution in [0.15, 0.2) is 60.0 Å². The van der Waals surface area contributed by atoms with Crippen LogP contribution in [0.2, 0.25) is 0 Å². The van der Waals surface area contributed by atoms with Crippen molar-refractivity contribution in [3.63, 3.8) is 0 Å². The normalized spacial score (nSPS) is 11.6. The zero-order valence-corrected chi connectivity index (χ0v) is 17.1. The van der Waals surface area contributed by atoms with Crippen molar-refractivity contribution in [1.29, 1.82) is 0 Å². The summed E-state index contributed by atoms with van der Waals surface area (Å²) >= 11 is 1.27. The lowest BCUT2D eigenvalue weighted by atomic mass is 9.98. The predicted octanol–water partition coefficient (Wildman–Crippen LogP) is 4.42. The lowest BCUT2D eigenvalue weighted by Crippen LogP contribution is -2.26. The largest absolute Gasteiger partial charge is 0.465 e. The minimum absolute atomic E-state index is 0.0248. The lowest BCUT2D eigenvalue weighted by molar-refractivity contribution is 0.0606. The molecule has 3 aromatic rings. The zero-order chi connectivity index (χ0) is 20.9. The molecule has 2 aromatic carbocycles. The van der Waals surface area contributed by atoms with E-state index in [2.05, 4.69) is 46.2 Å². The fourth-order valence-corrected chi connectivity index (χ4v) is 4.28. The molecule has 0 aliphatic heterocycles. The molecule has 0 saturated heterocycles. The van der Waals surface area contributed by atoms with Crippen molar-refractivity contribution in [2.75, 3.05) is 20.3 Å². The summed E-state index contributed by atoms with van der Waals surface area (Å²) in [6, 6.07) is 18.1. The third kappa shape index (κ3) is 4.07. The standard InChI is InChI=1S/C24H19NO4S/c1-28-23(26)22-13-16(15-30-22)7-6-12-25-24(27)29-14-21-19-10-4-2-8-17(19)18-9-3-5-11-20(18)21/h2-5,8-11,13,15,21H,12,14H2,1H3,(H,25,27). The van der Waals surface area contributed by atoms with Gasteiger partial charge in [0.05, 0.1) is 13.7 Å².